The van der Waals surface area contributed by atoms with Gasteiger partial charge >= 0.3 is 0 Å². The van der Waals surface area contributed by atoms with Crippen LogP contribution in [-0.2, 0) is 0 Å². The molecule has 0 aliphatic heterocycles. The van der Waals surface area contributed by atoms with Crippen LogP contribution < -0.4 is 10.5 Å². The average Bonchev–Trinajstić information content (AvgIpc) is 2.50. The summed E-state index contributed by atoms with van der Waals surface area (Å²) in [5, 5.41) is 0. The first-order valence-corrected chi connectivity index (χ1v) is 8.27. The van der Waals surface area contributed by atoms with Gasteiger partial charge in [0.25, 0.3) is 0 Å². The number of rotatable bonds is 10. The zero-order chi connectivity index (χ0) is 15.7. The molecule has 0 saturated heterocycles. The fourth-order valence-electron chi connectivity index (χ4n) is 2.76. The summed E-state index contributed by atoms with van der Waals surface area (Å²) in [6.07, 6.45) is 4.89. The maximum atomic E-state index is 6.31. The summed E-state index contributed by atoms with van der Waals surface area (Å²) in [5.74, 6) is 0.899. The van der Waals surface area contributed by atoms with Crippen molar-refractivity contribution < 1.29 is 4.74 Å². The van der Waals surface area contributed by atoms with Crippen molar-refractivity contribution in [1.82, 2.24) is 4.90 Å². The molecule has 0 saturated carbocycles. The third-order valence-electron chi connectivity index (χ3n) is 3.95. The van der Waals surface area contributed by atoms with E-state index in [0.29, 0.717) is 0 Å². The number of methoxy groups -OCH3 is 1. The Kier molecular flexibility index (Phi) is 8.40. The first-order valence-electron chi connectivity index (χ1n) is 8.27. The lowest BCUT2D eigenvalue weighted by molar-refractivity contribution is 0.171. The number of ether oxygens (including phenoxy) is 1. The highest BCUT2D eigenvalue weighted by atomic mass is 16.5. The molecule has 2 atom stereocenters. The topological polar surface area (TPSA) is 38.5 Å². The predicted molar refractivity (Wildman–Crippen MR) is 90.8 cm³/mol. The Morgan fingerprint density at radius 2 is 1.57 bits per heavy atom. The second-order valence-electron chi connectivity index (χ2n) is 5.82. The highest BCUT2D eigenvalue weighted by Crippen LogP contribution is 2.26. The van der Waals surface area contributed by atoms with E-state index in [9.17, 15) is 0 Å². The van der Waals surface area contributed by atoms with Crippen LogP contribution in [0, 0.1) is 0 Å². The number of nitrogens with zero attached hydrogens (tertiary/aromatic N) is 1. The van der Waals surface area contributed by atoms with Gasteiger partial charge in [0.2, 0.25) is 0 Å². The van der Waals surface area contributed by atoms with Gasteiger partial charge in [-0.3, -0.25) is 4.90 Å². The molecule has 0 aromatic heterocycles. The average molecular weight is 292 g/mol. The molecule has 1 aromatic rings. The minimum atomic E-state index is 0.118. The van der Waals surface area contributed by atoms with Gasteiger partial charge in [0, 0.05) is 12.1 Å². The van der Waals surface area contributed by atoms with Gasteiger partial charge in [-0.05, 0) is 50.6 Å². The van der Waals surface area contributed by atoms with Crippen molar-refractivity contribution in [3.05, 3.63) is 29.8 Å². The molecule has 3 nitrogen and oxygen atoms in total. The van der Waals surface area contributed by atoms with Gasteiger partial charge in [-0.15, -0.1) is 0 Å². The van der Waals surface area contributed by atoms with Gasteiger partial charge in [-0.1, -0.05) is 38.8 Å². The lowest BCUT2D eigenvalue weighted by Gasteiger charge is -2.35. The van der Waals surface area contributed by atoms with Crippen molar-refractivity contribution in [2.24, 2.45) is 5.73 Å². The van der Waals surface area contributed by atoms with E-state index in [0.717, 1.165) is 18.8 Å². The van der Waals surface area contributed by atoms with Gasteiger partial charge in [0.1, 0.15) is 5.75 Å². The molecule has 21 heavy (non-hydrogen) atoms. The molecule has 0 aliphatic rings. The molecule has 0 fully saturated rings. The molecular formula is C18H32N2O. The lowest BCUT2D eigenvalue weighted by atomic mass is 9.98. The first kappa shape index (κ1) is 18.0. The van der Waals surface area contributed by atoms with Gasteiger partial charge in [-0.2, -0.15) is 0 Å². The quantitative estimate of drug-likeness (QED) is 0.709. The lowest BCUT2D eigenvalue weighted by Crippen LogP contribution is -2.40. The van der Waals surface area contributed by atoms with Gasteiger partial charge in [0.15, 0.2) is 0 Å². The van der Waals surface area contributed by atoms with E-state index in [1.54, 1.807) is 7.11 Å². The maximum Gasteiger partial charge on any atom is 0.118 e. The number of hydrogen-bond acceptors (Lipinski definition) is 3. The second-order valence-corrected chi connectivity index (χ2v) is 5.82. The standard InChI is InChI=1S/C18H32N2O/c1-5-7-13-20(14-8-6-2)18(15(3)19)16-9-11-17(21-4)12-10-16/h9-12,15,18H,5-8,13-14,19H2,1-4H3. The van der Waals surface area contributed by atoms with E-state index in [1.807, 2.05) is 12.1 Å². The molecule has 2 unspecified atom stereocenters. The molecule has 0 bridgehead atoms. The third-order valence-corrected chi connectivity index (χ3v) is 3.95. The van der Waals surface area contributed by atoms with Crippen LogP contribution in [0.2, 0.25) is 0 Å². The van der Waals surface area contributed by atoms with Crippen LogP contribution in [0.25, 0.3) is 0 Å². The van der Waals surface area contributed by atoms with Crippen LogP contribution in [0.4, 0.5) is 0 Å². The van der Waals surface area contributed by atoms with E-state index < -0.39 is 0 Å². The number of unbranched alkanes of at least 4 members (excludes halogenated alkanes) is 2. The Labute approximate surface area is 130 Å². The fourth-order valence-corrected chi connectivity index (χ4v) is 2.76. The largest absolute Gasteiger partial charge is 0.497 e. The van der Waals surface area contributed by atoms with Crippen LogP contribution in [0.5, 0.6) is 5.75 Å². The van der Waals surface area contributed by atoms with Crippen LogP contribution >= 0.6 is 0 Å². The highest BCUT2D eigenvalue weighted by molar-refractivity contribution is 5.29. The monoisotopic (exact) mass is 292 g/mol. The molecule has 1 aromatic carbocycles. The van der Waals surface area contributed by atoms with Crippen molar-refractivity contribution in [1.29, 1.82) is 0 Å². The van der Waals surface area contributed by atoms with Gasteiger partial charge < -0.3 is 10.5 Å². The van der Waals surface area contributed by atoms with E-state index in [-0.39, 0.29) is 12.1 Å². The van der Waals surface area contributed by atoms with Crippen LogP contribution in [-0.4, -0.2) is 31.1 Å². The number of benzene rings is 1. The number of hydrogen-bond donors (Lipinski definition) is 1. The molecule has 0 spiro atoms. The maximum absolute atomic E-state index is 6.31. The minimum Gasteiger partial charge on any atom is -0.497 e. The molecule has 0 radical (unpaired) electrons. The molecule has 2 N–H and O–H groups in total. The summed E-state index contributed by atoms with van der Waals surface area (Å²) in [7, 11) is 1.70. The molecule has 1 rings (SSSR count). The van der Waals surface area contributed by atoms with Gasteiger partial charge in [0.05, 0.1) is 7.11 Å². The molecule has 0 heterocycles. The summed E-state index contributed by atoms with van der Waals surface area (Å²) in [4.78, 5) is 2.56. The summed E-state index contributed by atoms with van der Waals surface area (Å²) >= 11 is 0. The Morgan fingerprint density at radius 1 is 1.05 bits per heavy atom. The van der Waals surface area contributed by atoms with E-state index in [2.05, 4.69) is 37.8 Å². The minimum absolute atomic E-state index is 0.118. The van der Waals surface area contributed by atoms with E-state index in [4.69, 9.17) is 10.5 Å². The van der Waals surface area contributed by atoms with Crippen LogP contribution in [0.15, 0.2) is 24.3 Å². The van der Waals surface area contributed by atoms with Crippen molar-refractivity contribution in [3.8, 4) is 5.75 Å². The summed E-state index contributed by atoms with van der Waals surface area (Å²) in [6, 6.07) is 8.77. The van der Waals surface area contributed by atoms with E-state index >= 15 is 0 Å². The van der Waals surface area contributed by atoms with Gasteiger partial charge in [-0.25, -0.2) is 0 Å². The van der Waals surface area contributed by atoms with Crippen LogP contribution in [0.1, 0.15) is 58.1 Å². The molecular weight excluding hydrogens is 260 g/mol. The van der Waals surface area contributed by atoms with Crippen molar-refractivity contribution in [2.75, 3.05) is 20.2 Å². The predicted octanol–water partition coefficient (Wildman–Crippen LogP) is 3.99. The van der Waals surface area contributed by atoms with Crippen molar-refractivity contribution in [3.63, 3.8) is 0 Å². The van der Waals surface area contributed by atoms with Crippen molar-refractivity contribution >= 4 is 0 Å². The molecule has 120 valence electrons. The SMILES string of the molecule is CCCCN(CCCC)C(c1ccc(OC)cc1)C(C)N. The number of nitrogens with two attached hydrogens (primary N) is 1. The molecule has 0 aliphatic carbocycles. The summed E-state index contributed by atoms with van der Waals surface area (Å²) in [5.41, 5.74) is 7.60. The smallest absolute Gasteiger partial charge is 0.118 e. The molecule has 3 heteroatoms. The zero-order valence-electron chi connectivity index (χ0n) is 14.1. The van der Waals surface area contributed by atoms with E-state index in [1.165, 1.54) is 31.2 Å². The normalized spacial score (nSPS) is 14.2. The first-order chi connectivity index (χ1) is 10.1. The Hall–Kier alpha value is -1.06. The second kappa shape index (κ2) is 9.80. The highest BCUT2D eigenvalue weighted by Gasteiger charge is 2.23. The fraction of sp³-hybridized carbons (Fsp3) is 0.667. The van der Waals surface area contributed by atoms with Crippen molar-refractivity contribution in [2.45, 2.75) is 58.5 Å². The molecule has 0 amide bonds. The third kappa shape index (κ3) is 5.68. The Balaban J connectivity index is 2.92. The Morgan fingerprint density at radius 3 is 1.95 bits per heavy atom. The van der Waals surface area contributed by atoms with Crippen LogP contribution in [0.3, 0.4) is 0 Å². The zero-order valence-corrected chi connectivity index (χ0v) is 14.1. The Bertz CT molecular complexity index is 367. The summed E-state index contributed by atoms with van der Waals surface area (Å²) < 4.78 is 5.25. The summed E-state index contributed by atoms with van der Waals surface area (Å²) in [6.45, 7) is 8.84.